The standard InChI is InChI=1S/C17H31NO2/c1-16(2)12-14(7-11-19-16)18-13-15-6-10-17(20-15)8-4-3-5-9-17/h14-15,18H,3-13H2,1-2H3. The van der Waals surface area contributed by atoms with Crippen molar-refractivity contribution >= 4 is 0 Å². The van der Waals surface area contributed by atoms with Crippen LogP contribution in [0.3, 0.4) is 0 Å². The number of nitrogens with one attached hydrogen (secondary N) is 1. The lowest BCUT2D eigenvalue weighted by molar-refractivity contribution is -0.0748. The summed E-state index contributed by atoms with van der Waals surface area (Å²) in [4.78, 5) is 0. The fourth-order valence-electron chi connectivity index (χ4n) is 4.31. The fourth-order valence-corrected chi connectivity index (χ4v) is 4.31. The van der Waals surface area contributed by atoms with Gasteiger partial charge < -0.3 is 14.8 Å². The van der Waals surface area contributed by atoms with Crippen LogP contribution in [0.15, 0.2) is 0 Å². The van der Waals surface area contributed by atoms with Crippen LogP contribution in [-0.2, 0) is 9.47 Å². The number of hydrogen-bond acceptors (Lipinski definition) is 3. The van der Waals surface area contributed by atoms with Gasteiger partial charge in [-0.1, -0.05) is 19.3 Å². The van der Waals surface area contributed by atoms with Crippen molar-refractivity contribution in [2.45, 2.75) is 95.0 Å². The monoisotopic (exact) mass is 281 g/mol. The van der Waals surface area contributed by atoms with Gasteiger partial charge in [-0.25, -0.2) is 0 Å². The summed E-state index contributed by atoms with van der Waals surface area (Å²) in [6.45, 7) is 6.32. The summed E-state index contributed by atoms with van der Waals surface area (Å²) in [5, 5.41) is 3.74. The van der Waals surface area contributed by atoms with Gasteiger partial charge in [-0.3, -0.25) is 0 Å². The molecule has 3 fully saturated rings. The van der Waals surface area contributed by atoms with Gasteiger partial charge in [-0.15, -0.1) is 0 Å². The van der Waals surface area contributed by atoms with E-state index >= 15 is 0 Å². The number of hydrogen-bond donors (Lipinski definition) is 1. The summed E-state index contributed by atoms with van der Waals surface area (Å²) < 4.78 is 12.2. The van der Waals surface area contributed by atoms with Gasteiger partial charge in [0.15, 0.2) is 0 Å². The SMILES string of the molecule is CC1(C)CC(NCC2CCC3(CCCCC3)O2)CCO1. The summed E-state index contributed by atoms with van der Waals surface area (Å²) in [5.41, 5.74) is 0.302. The Kier molecular flexibility index (Phi) is 4.40. The predicted octanol–water partition coefficient (Wildman–Crippen LogP) is 3.42. The molecule has 0 bridgehead atoms. The van der Waals surface area contributed by atoms with Crippen molar-refractivity contribution in [1.29, 1.82) is 0 Å². The zero-order valence-electron chi connectivity index (χ0n) is 13.2. The molecular weight excluding hydrogens is 250 g/mol. The third kappa shape index (κ3) is 3.55. The van der Waals surface area contributed by atoms with E-state index in [1.807, 2.05) is 0 Å². The Balaban J connectivity index is 1.43. The lowest BCUT2D eigenvalue weighted by Gasteiger charge is -2.37. The van der Waals surface area contributed by atoms with Gasteiger partial charge in [0.25, 0.3) is 0 Å². The molecule has 2 heterocycles. The molecule has 0 radical (unpaired) electrons. The Morgan fingerprint density at radius 1 is 1.05 bits per heavy atom. The summed E-state index contributed by atoms with van der Waals surface area (Å²) in [7, 11) is 0. The summed E-state index contributed by atoms with van der Waals surface area (Å²) in [6.07, 6.45) is 12.0. The molecule has 1 N–H and O–H groups in total. The number of ether oxygens (including phenoxy) is 2. The maximum Gasteiger partial charge on any atom is 0.0708 e. The van der Waals surface area contributed by atoms with Crippen LogP contribution in [0.1, 0.15) is 71.6 Å². The average Bonchev–Trinajstić information content (AvgIpc) is 2.79. The lowest BCUT2D eigenvalue weighted by atomic mass is 9.83. The largest absolute Gasteiger partial charge is 0.375 e. The molecule has 0 aromatic rings. The summed E-state index contributed by atoms with van der Waals surface area (Å²) in [6, 6.07) is 0.602. The molecule has 20 heavy (non-hydrogen) atoms. The van der Waals surface area contributed by atoms with Gasteiger partial charge in [0.2, 0.25) is 0 Å². The summed E-state index contributed by atoms with van der Waals surface area (Å²) >= 11 is 0. The molecule has 0 aromatic heterocycles. The molecule has 0 amide bonds. The molecule has 116 valence electrons. The Morgan fingerprint density at radius 2 is 1.85 bits per heavy atom. The van der Waals surface area contributed by atoms with Crippen LogP contribution in [0, 0.1) is 0 Å². The Bertz CT molecular complexity index is 323. The minimum Gasteiger partial charge on any atom is -0.375 e. The fraction of sp³-hybridized carbons (Fsp3) is 1.00. The quantitative estimate of drug-likeness (QED) is 0.860. The van der Waals surface area contributed by atoms with Crippen molar-refractivity contribution in [1.82, 2.24) is 5.32 Å². The Hall–Kier alpha value is -0.120. The van der Waals surface area contributed by atoms with E-state index < -0.39 is 0 Å². The van der Waals surface area contributed by atoms with Gasteiger partial charge in [0, 0.05) is 19.2 Å². The zero-order chi connectivity index (χ0) is 14.1. The molecule has 3 heteroatoms. The molecule has 1 spiro atoms. The molecule has 2 saturated heterocycles. The molecule has 2 unspecified atom stereocenters. The van der Waals surface area contributed by atoms with Gasteiger partial charge in [0.1, 0.15) is 0 Å². The molecule has 3 rings (SSSR count). The van der Waals surface area contributed by atoms with Crippen molar-refractivity contribution < 1.29 is 9.47 Å². The van der Waals surface area contributed by atoms with Crippen LogP contribution in [0.2, 0.25) is 0 Å². The highest BCUT2D eigenvalue weighted by molar-refractivity contribution is 4.92. The minimum absolute atomic E-state index is 0.0387. The maximum atomic E-state index is 6.44. The molecule has 3 aliphatic rings. The van der Waals surface area contributed by atoms with E-state index in [9.17, 15) is 0 Å². The molecule has 0 aromatic carbocycles. The predicted molar refractivity (Wildman–Crippen MR) is 81.0 cm³/mol. The normalized spacial score (nSPS) is 36.3. The molecule has 1 aliphatic carbocycles. The van der Waals surface area contributed by atoms with E-state index in [1.54, 1.807) is 0 Å². The molecule has 2 atom stereocenters. The molecule has 3 nitrogen and oxygen atoms in total. The third-order valence-electron chi connectivity index (χ3n) is 5.43. The van der Waals surface area contributed by atoms with Crippen molar-refractivity contribution in [3.8, 4) is 0 Å². The van der Waals surface area contributed by atoms with Crippen LogP contribution in [0.25, 0.3) is 0 Å². The Labute approximate surface area is 123 Å². The topological polar surface area (TPSA) is 30.5 Å². The van der Waals surface area contributed by atoms with Gasteiger partial charge in [-0.2, -0.15) is 0 Å². The van der Waals surface area contributed by atoms with Crippen molar-refractivity contribution in [2.75, 3.05) is 13.2 Å². The second-order valence-electron chi connectivity index (χ2n) is 7.73. The number of rotatable bonds is 3. The van der Waals surface area contributed by atoms with Crippen LogP contribution in [0.5, 0.6) is 0 Å². The van der Waals surface area contributed by atoms with E-state index in [0.717, 1.165) is 26.0 Å². The highest BCUT2D eigenvalue weighted by Crippen LogP contribution is 2.41. The van der Waals surface area contributed by atoms with Gasteiger partial charge in [0.05, 0.1) is 17.3 Å². The first-order chi connectivity index (χ1) is 9.57. The second kappa shape index (κ2) is 5.94. The van der Waals surface area contributed by atoms with Crippen molar-refractivity contribution in [3.63, 3.8) is 0 Å². The van der Waals surface area contributed by atoms with Crippen LogP contribution >= 0.6 is 0 Å². The Morgan fingerprint density at radius 3 is 2.60 bits per heavy atom. The van der Waals surface area contributed by atoms with Crippen LogP contribution in [0.4, 0.5) is 0 Å². The van der Waals surface area contributed by atoms with Crippen LogP contribution in [-0.4, -0.2) is 36.5 Å². The van der Waals surface area contributed by atoms with Gasteiger partial charge >= 0.3 is 0 Å². The smallest absolute Gasteiger partial charge is 0.0708 e. The van der Waals surface area contributed by atoms with E-state index in [0.29, 0.717) is 12.1 Å². The summed E-state index contributed by atoms with van der Waals surface area (Å²) in [5.74, 6) is 0. The first-order valence-corrected chi connectivity index (χ1v) is 8.62. The lowest BCUT2D eigenvalue weighted by Crippen LogP contribution is -2.46. The molecule has 1 saturated carbocycles. The van der Waals surface area contributed by atoms with E-state index in [-0.39, 0.29) is 11.2 Å². The third-order valence-corrected chi connectivity index (χ3v) is 5.43. The maximum absolute atomic E-state index is 6.44. The van der Waals surface area contributed by atoms with Crippen LogP contribution < -0.4 is 5.32 Å². The molecular formula is C17H31NO2. The highest BCUT2D eigenvalue weighted by Gasteiger charge is 2.40. The second-order valence-corrected chi connectivity index (χ2v) is 7.73. The van der Waals surface area contributed by atoms with Gasteiger partial charge in [-0.05, 0) is 52.4 Å². The van der Waals surface area contributed by atoms with E-state index in [1.165, 1.54) is 44.9 Å². The van der Waals surface area contributed by atoms with Crippen molar-refractivity contribution in [3.05, 3.63) is 0 Å². The zero-order valence-corrected chi connectivity index (χ0v) is 13.2. The van der Waals surface area contributed by atoms with E-state index in [2.05, 4.69) is 19.2 Å². The molecule has 2 aliphatic heterocycles. The minimum atomic E-state index is 0.0387. The average molecular weight is 281 g/mol. The first-order valence-electron chi connectivity index (χ1n) is 8.62. The first kappa shape index (κ1) is 14.8. The van der Waals surface area contributed by atoms with E-state index in [4.69, 9.17) is 9.47 Å². The highest BCUT2D eigenvalue weighted by atomic mass is 16.5. The van der Waals surface area contributed by atoms with Crippen molar-refractivity contribution in [2.24, 2.45) is 0 Å².